The van der Waals surface area contributed by atoms with Gasteiger partial charge in [0.05, 0.1) is 5.75 Å². The molecule has 2 bridgehead atoms. The third-order valence-corrected chi connectivity index (χ3v) is 8.37. The second kappa shape index (κ2) is 8.98. The first-order valence-electron chi connectivity index (χ1n) is 10.5. The van der Waals surface area contributed by atoms with Crippen molar-refractivity contribution in [3.05, 3.63) is 0 Å². The van der Waals surface area contributed by atoms with Crippen molar-refractivity contribution in [2.75, 3.05) is 39.5 Å². The summed E-state index contributed by atoms with van der Waals surface area (Å²) in [5.74, 6) is 2.35. The molecule has 160 valence electrons. The SMILES string of the molecule is CCS(=O)(=O)N1CCC(NC(=NCC(=O)N(C)C)NC2CC3CCC2C3)CC1. The summed E-state index contributed by atoms with van der Waals surface area (Å²) in [7, 11) is 0.350. The van der Waals surface area contributed by atoms with Gasteiger partial charge in [0.1, 0.15) is 6.54 Å². The molecule has 3 unspecified atom stereocenters. The van der Waals surface area contributed by atoms with Gasteiger partial charge < -0.3 is 15.5 Å². The van der Waals surface area contributed by atoms with Crippen molar-refractivity contribution in [3.8, 4) is 0 Å². The Morgan fingerprint density at radius 1 is 1.11 bits per heavy atom. The molecule has 3 fully saturated rings. The van der Waals surface area contributed by atoms with Crippen LogP contribution in [0.5, 0.6) is 0 Å². The van der Waals surface area contributed by atoms with Crippen LogP contribution in [-0.2, 0) is 14.8 Å². The Hall–Kier alpha value is -1.35. The van der Waals surface area contributed by atoms with Gasteiger partial charge in [-0.25, -0.2) is 17.7 Å². The Morgan fingerprint density at radius 3 is 2.36 bits per heavy atom. The van der Waals surface area contributed by atoms with Gasteiger partial charge in [0.2, 0.25) is 15.9 Å². The number of sulfonamides is 1. The zero-order valence-electron chi connectivity index (χ0n) is 17.4. The summed E-state index contributed by atoms with van der Waals surface area (Å²) in [4.78, 5) is 18.1. The molecule has 0 aromatic heterocycles. The fourth-order valence-corrected chi connectivity index (χ4v) is 5.80. The van der Waals surface area contributed by atoms with E-state index in [2.05, 4.69) is 15.6 Å². The van der Waals surface area contributed by atoms with E-state index in [0.29, 0.717) is 31.0 Å². The molecule has 2 N–H and O–H groups in total. The lowest BCUT2D eigenvalue weighted by Crippen LogP contribution is -2.52. The van der Waals surface area contributed by atoms with Crippen LogP contribution in [0.1, 0.15) is 45.4 Å². The number of guanidine groups is 1. The van der Waals surface area contributed by atoms with Crippen molar-refractivity contribution in [2.24, 2.45) is 16.8 Å². The van der Waals surface area contributed by atoms with E-state index in [1.54, 1.807) is 30.2 Å². The molecule has 3 aliphatic rings. The van der Waals surface area contributed by atoms with Crippen LogP contribution in [0.25, 0.3) is 0 Å². The van der Waals surface area contributed by atoms with Crippen molar-refractivity contribution in [1.82, 2.24) is 19.8 Å². The van der Waals surface area contributed by atoms with Gasteiger partial charge in [-0.1, -0.05) is 6.42 Å². The minimum Gasteiger partial charge on any atom is -0.354 e. The largest absolute Gasteiger partial charge is 0.354 e. The van der Waals surface area contributed by atoms with Crippen molar-refractivity contribution < 1.29 is 13.2 Å². The number of aliphatic imine (C=N–C) groups is 1. The van der Waals surface area contributed by atoms with Crippen LogP contribution in [0.2, 0.25) is 0 Å². The molecule has 3 atom stereocenters. The molecule has 1 amide bonds. The number of hydrogen-bond acceptors (Lipinski definition) is 4. The van der Waals surface area contributed by atoms with E-state index < -0.39 is 10.0 Å². The molecule has 2 aliphatic carbocycles. The summed E-state index contributed by atoms with van der Waals surface area (Å²) in [6.07, 6.45) is 6.59. The first-order valence-corrected chi connectivity index (χ1v) is 12.1. The maximum absolute atomic E-state index is 12.1. The molecule has 8 nitrogen and oxygen atoms in total. The number of nitrogens with one attached hydrogen (secondary N) is 2. The lowest BCUT2D eigenvalue weighted by atomic mass is 9.95. The standard InChI is InChI=1S/C19H35N5O3S/c1-4-28(26,27)24-9-7-16(8-10-24)21-19(20-13-18(25)23(2)3)22-17-12-14-5-6-15(17)11-14/h14-17H,4-13H2,1-3H3,(H2,20,21,22). The summed E-state index contributed by atoms with van der Waals surface area (Å²) >= 11 is 0. The Morgan fingerprint density at radius 2 is 1.82 bits per heavy atom. The van der Waals surface area contributed by atoms with Crippen molar-refractivity contribution in [3.63, 3.8) is 0 Å². The fraction of sp³-hybridized carbons (Fsp3) is 0.895. The number of likely N-dealkylation sites (N-methyl/N-ethyl adjacent to an activating group) is 1. The van der Waals surface area contributed by atoms with E-state index in [1.165, 1.54) is 25.7 Å². The molecular formula is C19H35N5O3S. The minimum absolute atomic E-state index is 0.0297. The predicted octanol–water partition coefficient (Wildman–Crippen LogP) is 0.613. The first kappa shape index (κ1) is 21.4. The Bertz CT molecular complexity index is 686. The lowest BCUT2D eigenvalue weighted by Gasteiger charge is -2.33. The number of carbonyl (C=O) groups is 1. The molecule has 2 saturated carbocycles. The van der Waals surface area contributed by atoms with Crippen molar-refractivity contribution >= 4 is 21.9 Å². The quantitative estimate of drug-likeness (QED) is 0.492. The van der Waals surface area contributed by atoms with Crippen LogP contribution >= 0.6 is 0 Å². The minimum atomic E-state index is -3.12. The number of rotatable bonds is 6. The summed E-state index contributed by atoms with van der Waals surface area (Å²) in [5, 5.41) is 7.05. The van der Waals surface area contributed by atoms with Gasteiger partial charge >= 0.3 is 0 Å². The van der Waals surface area contributed by atoms with Crippen LogP contribution < -0.4 is 10.6 Å². The van der Waals surface area contributed by atoms with Gasteiger partial charge in [0, 0.05) is 39.3 Å². The second-order valence-corrected chi connectivity index (χ2v) is 10.9. The van der Waals surface area contributed by atoms with Crippen LogP contribution in [0.15, 0.2) is 4.99 Å². The van der Waals surface area contributed by atoms with Crippen molar-refractivity contribution in [2.45, 2.75) is 57.5 Å². The molecule has 0 aromatic carbocycles. The number of hydrogen-bond donors (Lipinski definition) is 2. The number of piperidine rings is 1. The Labute approximate surface area is 169 Å². The van der Waals surface area contributed by atoms with E-state index in [0.717, 1.165) is 18.8 Å². The molecular weight excluding hydrogens is 378 g/mol. The molecule has 0 aromatic rings. The number of fused-ring (bicyclic) bond motifs is 2. The highest BCUT2D eigenvalue weighted by Crippen LogP contribution is 2.44. The Kier molecular flexibility index (Phi) is 6.85. The highest BCUT2D eigenvalue weighted by atomic mass is 32.2. The average molecular weight is 414 g/mol. The summed E-state index contributed by atoms with van der Waals surface area (Å²) in [5.41, 5.74) is 0. The normalized spacial score (nSPS) is 29.1. The third kappa shape index (κ3) is 5.17. The maximum atomic E-state index is 12.1. The van der Waals surface area contributed by atoms with Gasteiger partial charge in [-0.3, -0.25) is 4.79 Å². The van der Waals surface area contributed by atoms with E-state index >= 15 is 0 Å². The molecule has 0 spiro atoms. The van der Waals surface area contributed by atoms with E-state index in [-0.39, 0.29) is 24.2 Å². The van der Waals surface area contributed by atoms with Gasteiger partial charge in [0.15, 0.2) is 5.96 Å². The number of carbonyl (C=O) groups excluding carboxylic acids is 1. The lowest BCUT2D eigenvalue weighted by molar-refractivity contribution is -0.127. The zero-order valence-corrected chi connectivity index (χ0v) is 18.2. The predicted molar refractivity (Wildman–Crippen MR) is 111 cm³/mol. The molecule has 1 heterocycles. The smallest absolute Gasteiger partial charge is 0.243 e. The molecule has 3 rings (SSSR count). The maximum Gasteiger partial charge on any atom is 0.243 e. The topological polar surface area (TPSA) is 94.1 Å². The highest BCUT2D eigenvalue weighted by Gasteiger charge is 2.40. The summed E-state index contributed by atoms with van der Waals surface area (Å²) < 4.78 is 25.7. The van der Waals surface area contributed by atoms with Gasteiger partial charge in [-0.2, -0.15) is 0 Å². The monoisotopic (exact) mass is 413 g/mol. The van der Waals surface area contributed by atoms with Crippen molar-refractivity contribution in [1.29, 1.82) is 0 Å². The zero-order chi connectivity index (χ0) is 20.3. The molecule has 1 saturated heterocycles. The van der Waals surface area contributed by atoms with Gasteiger partial charge in [-0.05, 0) is 50.9 Å². The summed E-state index contributed by atoms with van der Waals surface area (Å²) in [6.45, 7) is 2.87. The Balaban J connectivity index is 1.59. The van der Waals surface area contributed by atoms with Crippen LogP contribution in [-0.4, -0.2) is 81.1 Å². The van der Waals surface area contributed by atoms with E-state index in [4.69, 9.17) is 0 Å². The van der Waals surface area contributed by atoms with E-state index in [1.807, 2.05) is 0 Å². The van der Waals surface area contributed by atoms with Crippen LogP contribution in [0.3, 0.4) is 0 Å². The highest BCUT2D eigenvalue weighted by molar-refractivity contribution is 7.89. The fourth-order valence-electron chi connectivity index (χ4n) is 4.67. The summed E-state index contributed by atoms with van der Waals surface area (Å²) in [6, 6.07) is 0.600. The van der Waals surface area contributed by atoms with Gasteiger partial charge in [0.25, 0.3) is 0 Å². The van der Waals surface area contributed by atoms with Crippen LogP contribution in [0.4, 0.5) is 0 Å². The first-order chi connectivity index (χ1) is 13.3. The third-order valence-electron chi connectivity index (χ3n) is 6.48. The number of nitrogens with zero attached hydrogens (tertiary/aromatic N) is 3. The number of amides is 1. The average Bonchev–Trinajstić information content (AvgIpc) is 3.29. The second-order valence-electron chi connectivity index (χ2n) is 8.60. The molecule has 28 heavy (non-hydrogen) atoms. The van der Waals surface area contributed by atoms with E-state index in [9.17, 15) is 13.2 Å². The van der Waals surface area contributed by atoms with Gasteiger partial charge in [-0.15, -0.1) is 0 Å². The molecule has 0 radical (unpaired) electrons. The van der Waals surface area contributed by atoms with Crippen LogP contribution in [0, 0.1) is 11.8 Å². The molecule has 9 heteroatoms. The molecule has 1 aliphatic heterocycles.